The highest BCUT2D eigenvalue weighted by molar-refractivity contribution is 14.1. The minimum Gasteiger partial charge on any atom is -0.504 e. The summed E-state index contributed by atoms with van der Waals surface area (Å²) >= 11 is 3.23. The number of allylic oxidation sites excluding steroid dienone is 1. The first-order chi connectivity index (χ1) is 17.8. The van der Waals surface area contributed by atoms with Crippen molar-refractivity contribution in [1.29, 1.82) is 0 Å². The lowest BCUT2D eigenvalue weighted by Gasteiger charge is -2.24. The second-order valence-electron chi connectivity index (χ2n) is 8.02. The number of benzene rings is 2. The van der Waals surface area contributed by atoms with Gasteiger partial charge in [-0.05, 0) is 77.9 Å². The fourth-order valence-corrected chi connectivity index (χ4v) is 5.66. The summed E-state index contributed by atoms with van der Waals surface area (Å²) in [5.74, 6) is 0.470. The van der Waals surface area contributed by atoms with Gasteiger partial charge in [0.25, 0.3) is 5.56 Å². The number of rotatable bonds is 8. The molecule has 37 heavy (non-hydrogen) atoms. The minimum atomic E-state index is -0.722. The number of methoxy groups -OCH3 is 1. The minimum absolute atomic E-state index is 0.0388. The predicted molar refractivity (Wildman–Crippen MR) is 150 cm³/mol. The van der Waals surface area contributed by atoms with Crippen molar-refractivity contribution in [2.75, 3.05) is 20.3 Å². The molecule has 3 aromatic rings. The molecule has 192 valence electrons. The maximum atomic E-state index is 13.7. The van der Waals surface area contributed by atoms with Crippen LogP contribution in [0, 0.1) is 3.57 Å². The Bertz CT molecular complexity index is 1570. The molecule has 1 N–H and O–H groups in total. The number of fused-ring (bicyclic) bond motifs is 1. The number of ether oxygens (including phenoxy) is 3. The van der Waals surface area contributed by atoms with Crippen LogP contribution in [0.15, 0.2) is 70.1 Å². The quantitative estimate of drug-likeness (QED) is 0.231. The highest BCUT2D eigenvalue weighted by atomic mass is 127. The summed E-state index contributed by atoms with van der Waals surface area (Å²) in [6.07, 6.45) is 3.38. The third-order valence-corrected chi connectivity index (χ3v) is 7.45. The normalized spacial score (nSPS) is 15.1. The molecular formula is C27H25IN2O6S. The van der Waals surface area contributed by atoms with E-state index in [1.54, 1.807) is 50.3 Å². The first kappa shape index (κ1) is 26.7. The molecule has 2 aromatic carbocycles. The van der Waals surface area contributed by atoms with Gasteiger partial charge in [-0.2, -0.15) is 0 Å². The summed E-state index contributed by atoms with van der Waals surface area (Å²) in [4.78, 5) is 31.8. The van der Waals surface area contributed by atoms with Crippen LogP contribution in [0.1, 0.15) is 31.0 Å². The highest BCUT2D eigenvalue weighted by Crippen LogP contribution is 2.33. The molecule has 8 nitrogen and oxygen atoms in total. The van der Waals surface area contributed by atoms with Gasteiger partial charge < -0.3 is 19.3 Å². The van der Waals surface area contributed by atoms with Crippen molar-refractivity contribution < 1.29 is 24.1 Å². The molecule has 0 aliphatic carbocycles. The number of carbonyl (C=O) groups excluding carboxylic acids is 1. The van der Waals surface area contributed by atoms with Crippen molar-refractivity contribution in [3.05, 3.63) is 94.7 Å². The number of phenols is 1. The zero-order valence-electron chi connectivity index (χ0n) is 20.5. The molecule has 0 amide bonds. The van der Waals surface area contributed by atoms with E-state index in [0.29, 0.717) is 47.8 Å². The van der Waals surface area contributed by atoms with E-state index in [2.05, 4.69) is 11.6 Å². The number of halogens is 1. The SMILES string of the molecule is C=CCOc1ccc([C@@H]2C(C(=O)OCC)=C(C)N=c3sc(=Cc4cc(I)c(O)c(OC)c4)c(=O)n32)cc1. The molecule has 1 atom stereocenters. The zero-order chi connectivity index (χ0) is 26.7. The Hall–Kier alpha value is -3.38. The summed E-state index contributed by atoms with van der Waals surface area (Å²) in [6, 6.07) is 9.92. The maximum Gasteiger partial charge on any atom is 0.338 e. The Balaban J connectivity index is 1.90. The summed E-state index contributed by atoms with van der Waals surface area (Å²) in [6.45, 7) is 7.69. The number of aromatic nitrogens is 1. The number of aromatic hydroxyl groups is 1. The Morgan fingerprint density at radius 2 is 2.03 bits per heavy atom. The van der Waals surface area contributed by atoms with E-state index >= 15 is 0 Å². The highest BCUT2D eigenvalue weighted by Gasteiger charge is 2.33. The van der Waals surface area contributed by atoms with Gasteiger partial charge in [0.05, 0.1) is 39.1 Å². The second-order valence-corrected chi connectivity index (χ2v) is 10.2. The van der Waals surface area contributed by atoms with Crippen LogP contribution in [0.25, 0.3) is 6.08 Å². The standard InChI is InChI=1S/C27H25IN2O6S/c1-5-11-36-18-9-7-17(8-10-18)23-22(26(33)35-6-2)15(3)29-27-30(23)25(32)21(37-27)14-16-12-19(28)24(31)20(13-16)34-4/h5,7-10,12-14,23,31H,1,6,11H2,2-4H3/t23-/m1/s1. The fourth-order valence-electron chi connectivity index (χ4n) is 3.99. The molecular weight excluding hydrogens is 607 g/mol. The third-order valence-electron chi connectivity index (χ3n) is 5.65. The third kappa shape index (κ3) is 5.35. The van der Waals surface area contributed by atoms with Crippen molar-refractivity contribution in [2.24, 2.45) is 4.99 Å². The van der Waals surface area contributed by atoms with Crippen LogP contribution in [0.4, 0.5) is 0 Å². The van der Waals surface area contributed by atoms with Crippen LogP contribution in [0.3, 0.4) is 0 Å². The van der Waals surface area contributed by atoms with Crippen molar-refractivity contribution in [3.63, 3.8) is 0 Å². The van der Waals surface area contributed by atoms with Gasteiger partial charge >= 0.3 is 5.97 Å². The average molecular weight is 632 g/mol. The van der Waals surface area contributed by atoms with Gasteiger partial charge in [-0.3, -0.25) is 9.36 Å². The van der Waals surface area contributed by atoms with E-state index in [4.69, 9.17) is 14.2 Å². The van der Waals surface area contributed by atoms with Crippen LogP contribution < -0.4 is 24.4 Å². The van der Waals surface area contributed by atoms with Crippen molar-refractivity contribution in [3.8, 4) is 17.2 Å². The monoisotopic (exact) mass is 632 g/mol. The molecule has 4 rings (SSSR count). The molecule has 10 heteroatoms. The fraction of sp³-hybridized carbons (Fsp3) is 0.222. The number of nitrogens with zero attached hydrogens (tertiary/aromatic N) is 2. The van der Waals surface area contributed by atoms with Crippen LogP contribution in [0.5, 0.6) is 17.2 Å². The number of esters is 1. The number of carbonyl (C=O) groups is 1. The van der Waals surface area contributed by atoms with Gasteiger partial charge in [-0.15, -0.1) is 0 Å². The van der Waals surface area contributed by atoms with Crippen LogP contribution in [-0.4, -0.2) is 36.0 Å². The van der Waals surface area contributed by atoms with E-state index in [9.17, 15) is 14.7 Å². The molecule has 1 aliphatic heterocycles. The lowest BCUT2D eigenvalue weighted by atomic mass is 9.96. The van der Waals surface area contributed by atoms with Crippen LogP contribution in [-0.2, 0) is 9.53 Å². The molecule has 0 radical (unpaired) electrons. The lowest BCUT2D eigenvalue weighted by Crippen LogP contribution is -2.39. The van der Waals surface area contributed by atoms with E-state index in [1.807, 2.05) is 34.7 Å². The number of hydrogen-bond acceptors (Lipinski definition) is 8. The number of thiazole rings is 1. The Morgan fingerprint density at radius 1 is 1.30 bits per heavy atom. The van der Waals surface area contributed by atoms with Gasteiger partial charge in [0.1, 0.15) is 12.4 Å². The molecule has 0 saturated heterocycles. The first-order valence-corrected chi connectivity index (χ1v) is 13.3. The molecule has 0 unspecified atom stereocenters. The summed E-state index contributed by atoms with van der Waals surface area (Å²) < 4.78 is 18.7. The molecule has 0 saturated carbocycles. The number of phenolic OH excluding ortho intramolecular Hbond substituents is 1. The van der Waals surface area contributed by atoms with Gasteiger partial charge in [-0.25, -0.2) is 9.79 Å². The molecule has 0 fully saturated rings. The summed E-state index contributed by atoms with van der Waals surface area (Å²) in [7, 11) is 1.47. The van der Waals surface area contributed by atoms with E-state index in [0.717, 1.165) is 5.56 Å². The van der Waals surface area contributed by atoms with Gasteiger partial charge in [0.15, 0.2) is 16.3 Å². The van der Waals surface area contributed by atoms with Crippen LogP contribution in [0.2, 0.25) is 0 Å². The van der Waals surface area contributed by atoms with Gasteiger partial charge in [0.2, 0.25) is 0 Å². The smallest absolute Gasteiger partial charge is 0.338 e. The molecule has 1 aliphatic rings. The first-order valence-electron chi connectivity index (χ1n) is 11.4. The largest absolute Gasteiger partial charge is 0.504 e. The van der Waals surface area contributed by atoms with E-state index < -0.39 is 12.0 Å². The lowest BCUT2D eigenvalue weighted by molar-refractivity contribution is -0.139. The van der Waals surface area contributed by atoms with Crippen molar-refractivity contribution in [2.45, 2.75) is 19.9 Å². The van der Waals surface area contributed by atoms with Crippen molar-refractivity contribution in [1.82, 2.24) is 4.57 Å². The maximum absolute atomic E-state index is 13.7. The van der Waals surface area contributed by atoms with E-state index in [-0.39, 0.29) is 17.9 Å². The molecule has 1 aromatic heterocycles. The number of hydrogen-bond donors (Lipinski definition) is 1. The summed E-state index contributed by atoms with van der Waals surface area (Å²) in [5, 5.41) is 10.2. The molecule has 0 spiro atoms. The average Bonchev–Trinajstić information content (AvgIpc) is 3.18. The Labute approximate surface area is 231 Å². The van der Waals surface area contributed by atoms with E-state index in [1.165, 1.54) is 23.0 Å². The van der Waals surface area contributed by atoms with Gasteiger partial charge in [-0.1, -0.05) is 36.1 Å². The van der Waals surface area contributed by atoms with Crippen molar-refractivity contribution >= 4 is 46.0 Å². The van der Waals surface area contributed by atoms with Gasteiger partial charge in [0, 0.05) is 0 Å². The summed E-state index contributed by atoms with van der Waals surface area (Å²) in [5.41, 5.74) is 1.91. The zero-order valence-corrected chi connectivity index (χ0v) is 23.5. The molecule has 2 heterocycles. The Morgan fingerprint density at radius 3 is 2.68 bits per heavy atom. The van der Waals surface area contributed by atoms with Crippen LogP contribution >= 0.6 is 33.9 Å². The Kier molecular flexibility index (Phi) is 8.18. The second kappa shape index (κ2) is 11.3. The predicted octanol–water partition coefficient (Wildman–Crippen LogP) is 3.68. The molecule has 0 bridgehead atoms. The topological polar surface area (TPSA) is 99.4 Å².